The lowest BCUT2D eigenvalue weighted by Crippen LogP contribution is -2.37. The van der Waals surface area contributed by atoms with Crippen LogP contribution in [0.1, 0.15) is 18.1 Å². The summed E-state index contributed by atoms with van der Waals surface area (Å²) in [6.07, 6.45) is 0. The summed E-state index contributed by atoms with van der Waals surface area (Å²) in [5, 5.41) is 9.02. The summed E-state index contributed by atoms with van der Waals surface area (Å²) in [5.41, 5.74) is 6.56. The van der Waals surface area contributed by atoms with Crippen molar-refractivity contribution < 1.29 is 9.50 Å². The molecule has 0 saturated heterocycles. The van der Waals surface area contributed by atoms with Gasteiger partial charge in [0.2, 0.25) is 0 Å². The van der Waals surface area contributed by atoms with Crippen LogP contribution in [0.3, 0.4) is 0 Å². The highest BCUT2D eigenvalue weighted by molar-refractivity contribution is 5.32. The average Bonchev–Trinajstić information content (AvgIpc) is 2.03. The van der Waals surface area contributed by atoms with Gasteiger partial charge in [-0.15, -0.1) is 0 Å². The first-order chi connectivity index (χ1) is 5.97. The van der Waals surface area contributed by atoms with E-state index in [1.54, 1.807) is 19.9 Å². The van der Waals surface area contributed by atoms with Crippen molar-refractivity contribution in [2.24, 2.45) is 5.73 Å². The van der Waals surface area contributed by atoms with Crippen molar-refractivity contribution in [3.63, 3.8) is 0 Å². The van der Waals surface area contributed by atoms with Crippen LogP contribution < -0.4 is 5.73 Å². The highest BCUT2D eigenvalue weighted by Crippen LogP contribution is 2.21. The van der Waals surface area contributed by atoms with Gasteiger partial charge in [-0.05, 0) is 37.1 Å². The maximum Gasteiger partial charge on any atom is 0.123 e. The normalized spacial score (nSPS) is 15.5. The van der Waals surface area contributed by atoms with Gasteiger partial charge in [-0.25, -0.2) is 4.39 Å². The van der Waals surface area contributed by atoms with Crippen molar-refractivity contribution in [3.05, 3.63) is 35.1 Å². The van der Waals surface area contributed by atoms with Gasteiger partial charge in [0, 0.05) is 0 Å². The third kappa shape index (κ3) is 2.05. The van der Waals surface area contributed by atoms with Crippen LogP contribution in [-0.4, -0.2) is 11.7 Å². The molecule has 0 aromatic heterocycles. The quantitative estimate of drug-likeness (QED) is 0.726. The average molecular weight is 183 g/mol. The Morgan fingerprint density at radius 3 is 2.62 bits per heavy atom. The van der Waals surface area contributed by atoms with Crippen LogP contribution >= 0.6 is 0 Å². The molecule has 0 aliphatic heterocycles. The third-order valence-corrected chi connectivity index (χ3v) is 2.13. The van der Waals surface area contributed by atoms with Crippen LogP contribution in [0.2, 0.25) is 0 Å². The van der Waals surface area contributed by atoms with Crippen molar-refractivity contribution in [2.75, 3.05) is 6.61 Å². The summed E-state index contributed by atoms with van der Waals surface area (Å²) in [5.74, 6) is -0.282. The van der Waals surface area contributed by atoms with Gasteiger partial charge in [0.1, 0.15) is 5.82 Å². The minimum Gasteiger partial charge on any atom is -0.394 e. The lowest BCUT2D eigenvalue weighted by molar-refractivity contribution is 0.209. The standard InChI is InChI=1S/C10H14FNO/c1-7-5-8(11)3-4-9(7)10(2,12)6-13/h3-5,13H,6,12H2,1-2H3/t10-/m0/s1. The molecule has 0 spiro atoms. The van der Waals surface area contributed by atoms with Gasteiger partial charge in [0.25, 0.3) is 0 Å². The summed E-state index contributed by atoms with van der Waals surface area (Å²) in [6.45, 7) is 3.34. The molecule has 72 valence electrons. The highest BCUT2D eigenvalue weighted by Gasteiger charge is 2.21. The van der Waals surface area contributed by atoms with E-state index in [9.17, 15) is 4.39 Å². The van der Waals surface area contributed by atoms with E-state index >= 15 is 0 Å². The fraction of sp³-hybridized carbons (Fsp3) is 0.400. The van der Waals surface area contributed by atoms with Gasteiger partial charge in [-0.2, -0.15) is 0 Å². The first-order valence-corrected chi connectivity index (χ1v) is 4.14. The van der Waals surface area contributed by atoms with Gasteiger partial charge in [0.05, 0.1) is 12.1 Å². The molecule has 1 aromatic rings. The first kappa shape index (κ1) is 10.2. The van der Waals surface area contributed by atoms with Crippen LogP contribution in [-0.2, 0) is 5.54 Å². The number of benzene rings is 1. The molecule has 0 saturated carbocycles. The monoisotopic (exact) mass is 183 g/mol. The van der Waals surface area contributed by atoms with Crippen LogP contribution in [0.25, 0.3) is 0 Å². The molecule has 0 bridgehead atoms. The molecule has 1 aromatic carbocycles. The number of aliphatic hydroxyl groups is 1. The second-order valence-electron chi connectivity index (χ2n) is 3.53. The van der Waals surface area contributed by atoms with Gasteiger partial charge >= 0.3 is 0 Å². The second-order valence-corrected chi connectivity index (χ2v) is 3.53. The molecule has 3 heteroatoms. The molecular weight excluding hydrogens is 169 g/mol. The maximum absolute atomic E-state index is 12.7. The van der Waals surface area contributed by atoms with E-state index < -0.39 is 5.54 Å². The van der Waals surface area contributed by atoms with E-state index in [-0.39, 0.29) is 12.4 Å². The number of halogens is 1. The van der Waals surface area contributed by atoms with Crippen LogP contribution in [0.5, 0.6) is 0 Å². The molecule has 2 nitrogen and oxygen atoms in total. The molecule has 0 amide bonds. The summed E-state index contributed by atoms with van der Waals surface area (Å²) < 4.78 is 12.7. The molecule has 1 atom stereocenters. The van der Waals surface area contributed by atoms with E-state index in [0.717, 1.165) is 11.1 Å². The van der Waals surface area contributed by atoms with Gasteiger partial charge < -0.3 is 10.8 Å². The van der Waals surface area contributed by atoms with Gasteiger partial charge in [-0.1, -0.05) is 6.07 Å². The lowest BCUT2D eigenvalue weighted by atomic mass is 9.90. The van der Waals surface area contributed by atoms with Crippen molar-refractivity contribution in [2.45, 2.75) is 19.4 Å². The SMILES string of the molecule is Cc1cc(F)ccc1[C@@](C)(N)CO. The predicted molar refractivity (Wildman–Crippen MR) is 49.8 cm³/mol. The molecule has 0 unspecified atom stereocenters. The Balaban J connectivity index is 3.16. The van der Waals surface area contributed by atoms with E-state index in [1.165, 1.54) is 12.1 Å². The van der Waals surface area contributed by atoms with Crippen LogP contribution in [0.15, 0.2) is 18.2 Å². The summed E-state index contributed by atoms with van der Waals surface area (Å²) in [4.78, 5) is 0. The van der Waals surface area contributed by atoms with Crippen molar-refractivity contribution in [3.8, 4) is 0 Å². The van der Waals surface area contributed by atoms with E-state index in [1.807, 2.05) is 0 Å². The summed E-state index contributed by atoms with van der Waals surface area (Å²) in [6, 6.07) is 4.38. The fourth-order valence-electron chi connectivity index (χ4n) is 1.35. The molecular formula is C10H14FNO. The zero-order chi connectivity index (χ0) is 10.1. The topological polar surface area (TPSA) is 46.2 Å². The molecule has 3 N–H and O–H groups in total. The molecule has 0 fully saturated rings. The minimum absolute atomic E-state index is 0.153. The largest absolute Gasteiger partial charge is 0.394 e. The Morgan fingerprint density at radius 1 is 1.54 bits per heavy atom. The third-order valence-electron chi connectivity index (χ3n) is 2.13. The van der Waals surface area contributed by atoms with Crippen molar-refractivity contribution >= 4 is 0 Å². The van der Waals surface area contributed by atoms with Crippen LogP contribution in [0, 0.1) is 12.7 Å². The molecule has 0 aliphatic rings. The Kier molecular flexibility index (Phi) is 2.68. The molecule has 1 rings (SSSR count). The highest BCUT2D eigenvalue weighted by atomic mass is 19.1. The molecule has 13 heavy (non-hydrogen) atoms. The van der Waals surface area contributed by atoms with Gasteiger partial charge in [0.15, 0.2) is 0 Å². The Labute approximate surface area is 77.2 Å². The lowest BCUT2D eigenvalue weighted by Gasteiger charge is -2.24. The minimum atomic E-state index is -0.794. The first-order valence-electron chi connectivity index (χ1n) is 4.14. The number of rotatable bonds is 2. The number of hydrogen-bond acceptors (Lipinski definition) is 2. The Morgan fingerprint density at radius 2 is 2.15 bits per heavy atom. The second kappa shape index (κ2) is 3.44. The zero-order valence-corrected chi connectivity index (χ0v) is 7.84. The van der Waals surface area contributed by atoms with E-state index in [4.69, 9.17) is 10.8 Å². The smallest absolute Gasteiger partial charge is 0.123 e. The van der Waals surface area contributed by atoms with E-state index in [2.05, 4.69) is 0 Å². The van der Waals surface area contributed by atoms with Gasteiger partial charge in [-0.3, -0.25) is 0 Å². The maximum atomic E-state index is 12.7. The Hall–Kier alpha value is -0.930. The number of aliphatic hydroxyl groups excluding tert-OH is 1. The molecule has 0 radical (unpaired) electrons. The van der Waals surface area contributed by atoms with Crippen molar-refractivity contribution in [1.29, 1.82) is 0 Å². The zero-order valence-electron chi connectivity index (χ0n) is 7.84. The molecule has 0 aliphatic carbocycles. The van der Waals surface area contributed by atoms with Crippen LogP contribution in [0.4, 0.5) is 4.39 Å². The number of aryl methyl sites for hydroxylation is 1. The number of nitrogens with two attached hydrogens (primary N) is 1. The number of hydrogen-bond donors (Lipinski definition) is 2. The predicted octanol–water partition coefficient (Wildman–Crippen LogP) is 1.30. The van der Waals surface area contributed by atoms with E-state index in [0.29, 0.717) is 0 Å². The summed E-state index contributed by atoms with van der Waals surface area (Å²) >= 11 is 0. The fourth-order valence-corrected chi connectivity index (χ4v) is 1.35. The Bertz CT molecular complexity index is 310. The van der Waals surface area contributed by atoms with Crippen molar-refractivity contribution in [1.82, 2.24) is 0 Å². The summed E-state index contributed by atoms with van der Waals surface area (Å²) in [7, 11) is 0. The molecule has 0 heterocycles.